The first-order valence-electron chi connectivity index (χ1n) is 6.36. The minimum atomic E-state index is 0.174. The number of hydrogen-bond acceptors (Lipinski definition) is 5. The second-order valence-corrected chi connectivity index (χ2v) is 4.81. The lowest BCUT2D eigenvalue weighted by Crippen LogP contribution is -2.29. The van der Waals surface area contributed by atoms with Crippen molar-refractivity contribution in [3.63, 3.8) is 0 Å². The van der Waals surface area contributed by atoms with Crippen LogP contribution in [-0.4, -0.2) is 34.6 Å². The summed E-state index contributed by atoms with van der Waals surface area (Å²) >= 11 is 5.90. The van der Waals surface area contributed by atoms with Crippen LogP contribution < -0.4 is 9.64 Å². The zero-order valence-electron chi connectivity index (χ0n) is 11.5. The van der Waals surface area contributed by atoms with Crippen molar-refractivity contribution in [3.8, 4) is 6.01 Å². The number of hydrogen-bond donors (Lipinski definition) is 0. The summed E-state index contributed by atoms with van der Waals surface area (Å²) in [6.07, 6.45) is 0.905. The first kappa shape index (κ1) is 15.0. The fraction of sp³-hybridized carbons (Fsp3) is 0.750. The van der Waals surface area contributed by atoms with E-state index in [0.29, 0.717) is 24.5 Å². The summed E-state index contributed by atoms with van der Waals surface area (Å²) in [7, 11) is 0. The number of ether oxygens (including phenoxy) is 1. The normalized spacial score (nSPS) is 10.8. The van der Waals surface area contributed by atoms with E-state index in [9.17, 15) is 0 Å². The maximum Gasteiger partial charge on any atom is 0.322 e. The van der Waals surface area contributed by atoms with Gasteiger partial charge in [0.05, 0.1) is 6.61 Å². The molecule has 0 N–H and O–H groups in total. The highest BCUT2D eigenvalue weighted by molar-refractivity contribution is 6.28. The van der Waals surface area contributed by atoms with Crippen LogP contribution in [0.4, 0.5) is 5.95 Å². The Morgan fingerprint density at radius 3 is 2.50 bits per heavy atom. The summed E-state index contributed by atoms with van der Waals surface area (Å²) in [4.78, 5) is 14.5. The quantitative estimate of drug-likeness (QED) is 0.764. The predicted molar refractivity (Wildman–Crippen MR) is 73.3 cm³/mol. The Bertz CT molecular complexity index is 373. The molecule has 0 aromatic carbocycles. The first-order chi connectivity index (χ1) is 8.56. The van der Waals surface area contributed by atoms with Crippen LogP contribution in [0.2, 0.25) is 5.28 Å². The van der Waals surface area contributed by atoms with E-state index in [1.165, 1.54) is 0 Å². The summed E-state index contributed by atoms with van der Waals surface area (Å²) in [6.45, 7) is 10.7. The molecule has 0 aliphatic carbocycles. The third kappa shape index (κ3) is 4.64. The van der Waals surface area contributed by atoms with Gasteiger partial charge in [-0.05, 0) is 30.9 Å². The number of nitrogens with zero attached hydrogens (tertiary/aromatic N) is 4. The van der Waals surface area contributed by atoms with Gasteiger partial charge >= 0.3 is 6.01 Å². The molecule has 0 aliphatic heterocycles. The van der Waals surface area contributed by atoms with E-state index in [0.717, 1.165) is 19.5 Å². The Balaban J connectivity index is 2.88. The first-order valence-corrected chi connectivity index (χ1v) is 6.73. The third-order valence-corrected chi connectivity index (χ3v) is 2.43. The zero-order valence-corrected chi connectivity index (χ0v) is 12.2. The molecule has 0 unspecified atom stereocenters. The average Bonchev–Trinajstić information content (AvgIpc) is 2.32. The Morgan fingerprint density at radius 1 is 1.22 bits per heavy atom. The predicted octanol–water partition coefficient (Wildman–Crippen LogP) is 2.80. The van der Waals surface area contributed by atoms with Crippen LogP contribution in [0.1, 0.15) is 34.1 Å². The summed E-state index contributed by atoms with van der Waals surface area (Å²) in [5.41, 5.74) is 0. The van der Waals surface area contributed by atoms with Gasteiger partial charge in [0.25, 0.3) is 0 Å². The zero-order chi connectivity index (χ0) is 13.5. The molecule has 0 atom stereocenters. The molecule has 0 aliphatic rings. The molecule has 0 bridgehead atoms. The lowest BCUT2D eigenvalue weighted by molar-refractivity contribution is 0.291. The van der Waals surface area contributed by atoms with Gasteiger partial charge in [-0.15, -0.1) is 0 Å². The van der Waals surface area contributed by atoms with Crippen LogP contribution in [0.5, 0.6) is 6.01 Å². The van der Waals surface area contributed by atoms with Crippen molar-refractivity contribution >= 4 is 17.5 Å². The van der Waals surface area contributed by atoms with Gasteiger partial charge < -0.3 is 9.64 Å². The van der Waals surface area contributed by atoms with E-state index >= 15 is 0 Å². The van der Waals surface area contributed by atoms with Crippen molar-refractivity contribution < 1.29 is 4.74 Å². The average molecular weight is 273 g/mol. The molecular weight excluding hydrogens is 252 g/mol. The molecule has 0 saturated carbocycles. The number of halogens is 1. The maximum atomic E-state index is 5.90. The van der Waals surface area contributed by atoms with Crippen molar-refractivity contribution in [2.45, 2.75) is 34.1 Å². The molecule has 1 aromatic heterocycles. The monoisotopic (exact) mass is 272 g/mol. The molecule has 1 aromatic rings. The van der Waals surface area contributed by atoms with Crippen molar-refractivity contribution in [2.24, 2.45) is 5.92 Å². The molecule has 0 amide bonds. The Hall–Kier alpha value is -1.10. The van der Waals surface area contributed by atoms with Gasteiger partial charge in [-0.1, -0.05) is 20.8 Å². The van der Waals surface area contributed by atoms with E-state index in [-0.39, 0.29) is 5.28 Å². The Kier molecular flexibility index (Phi) is 6.12. The standard InChI is InChI=1S/C12H21ClN4O/c1-5-7-18-12-15-10(13)14-11(16-12)17(6-2)8-9(3)4/h9H,5-8H2,1-4H3. The van der Waals surface area contributed by atoms with Crippen LogP contribution >= 0.6 is 11.6 Å². The molecule has 0 saturated heterocycles. The lowest BCUT2D eigenvalue weighted by Gasteiger charge is -2.22. The molecule has 1 heterocycles. The van der Waals surface area contributed by atoms with Gasteiger partial charge in [0.1, 0.15) is 0 Å². The third-order valence-electron chi connectivity index (χ3n) is 2.26. The van der Waals surface area contributed by atoms with Gasteiger partial charge in [-0.2, -0.15) is 15.0 Å². The number of rotatable bonds is 7. The molecule has 1 rings (SSSR count). The molecule has 6 heteroatoms. The van der Waals surface area contributed by atoms with Crippen molar-refractivity contribution in [1.29, 1.82) is 0 Å². The van der Waals surface area contributed by atoms with Crippen LogP contribution in [0, 0.1) is 5.92 Å². The second-order valence-electron chi connectivity index (χ2n) is 4.47. The van der Waals surface area contributed by atoms with Crippen LogP contribution in [0.15, 0.2) is 0 Å². The SMILES string of the molecule is CCCOc1nc(Cl)nc(N(CC)CC(C)C)n1. The minimum Gasteiger partial charge on any atom is -0.463 e. The smallest absolute Gasteiger partial charge is 0.322 e. The highest BCUT2D eigenvalue weighted by Gasteiger charge is 2.13. The molecule has 102 valence electrons. The molecule has 0 fully saturated rings. The van der Waals surface area contributed by atoms with Gasteiger partial charge in [-0.3, -0.25) is 0 Å². The molecule has 5 nitrogen and oxygen atoms in total. The van der Waals surface area contributed by atoms with Crippen LogP contribution in [-0.2, 0) is 0 Å². The van der Waals surface area contributed by atoms with E-state index in [2.05, 4.69) is 40.6 Å². The van der Waals surface area contributed by atoms with Gasteiger partial charge in [-0.25, -0.2) is 0 Å². The van der Waals surface area contributed by atoms with E-state index < -0.39 is 0 Å². The molecule has 0 spiro atoms. The maximum absolute atomic E-state index is 5.90. The fourth-order valence-electron chi connectivity index (χ4n) is 1.51. The summed E-state index contributed by atoms with van der Waals surface area (Å²) in [6, 6.07) is 0.300. The largest absolute Gasteiger partial charge is 0.463 e. The summed E-state index contributed by atoms with van der Waals surface area (Å²) in [5, 5.41) is 0.174. The van der Waals surface area contributed by atoms with Crippen LogP contribution in [0.25, 0.3) is 0 Å². The fourth-order valence-corrected chi connectivity index (χ4v) is 1.66. The summed E-state index contributed by atoms with van der Waals surface area (Å²) < 4.78 is 5.40. The van der Waals surface area contributed by atoms with Gasteiger partial charge in [0.2, 0.25) is 11.2 Å². The molecular formula is C12H21ClN4O. The number of anilines is 1. The van der Waals surface area contributed by atoms with Crippen molar-refractivity contribution in [1.82, 2.24) is 15.0 Å². The second kappa shape index (κ2) is 7.36. The molecule has 18 heavy (non-hydrogen) atoms. The van der Waals surface area contributed by atoms with E-state index in [1.54, 1.807) is 0 Å². The number of aromatic nitrogens is 3. The highest BCUT2D eigenvalue weighted by atomic mass is 35.5. The Labute approximate surface area is 114 Å². The van der Waals surface area contributed by atoms with E-state index in [1.807, 2.05) is 6.92 Å². The highest BCUT2D eigenvalue weighted by Crippen LogP contribution is 2.16. The topological polar surface area (TPSA) is 51.1 Å². The van der Waals surface area contributed by atoms with Gasteiger partial charge in [0.15, 0.2) is 0 Å². The van der Waals surface area contributed by atoms with Gasteiger partial charge in [0, 0.05) is 13.1 Å². The van der Waals surface area contributed by atoms with Crippen LogP contribution in [0.3, 0.4) is 0 Å². The van der Waals surface area contributed by atoms with E-state index in [4.69, 9.17) is 16.3 Å². The lowest BCUT2D eigenvalue weighted by atomic mass is 10.2. The van der Waals surface area contributed by atoms with Crippen molar-refractivity contribution in [3.05, 3.63) is 5.28 Å². The minimum absolute atomic E-state index is 0.174. The molecule has 0 radical (unpaired) electrons. The van der Waals surface area contributed by atoms with Crippen molar-refractivity contribution in [2.75, 3.05) is 24.6 Å². The summed E-state index contributed by atoms with van der Waals surface area (Å²) in [5.74, 6) is 1.11. The Morgan fingerprint density at radius 2 is 1.94 bits per heavy atom.